The topological polar surface area (TPSA) is 55.8 Å². The van der Waals surface area contributed by atoms with Crippen molar-refractivity contribution in [2.24, 2.45) is 5.41 Å². The molecule has 0 rings (SSSR count). The molecule has 0 spiro atoms. The van der Waals surface area contributed by atoms with E-state index >= 15 is 0 Å². The predicted molar refractivity (Wildman–Crippen MR) is 85.5 cm³/mol. The summed E-state index contributed by atoms with van der Waals surface area (Å²) in [5.74, 6) is -0.583. The zero-order chi connectivity index (χ0) is 19.8. The summed E-state index contributed by atoms with van der Waals surface area (Å²) in [6, 6.07) is 0. The van der Waals surface area contributed by atoms with Crippen LogP contribution < -0.4 is 0 Å². The number of ether oxygens (including phenoxy) is 2. The van der Waals surface area contributed by atoms with Crippen molar-refractivity contribution in [2.45, 2.75) is 78.4 Å². The molecule has 0 saturated carbocycles. The van der Waals surface area contributed by atoms with Crippen LogP contribution in [-0.4, -0.2) is 40.7 Å². The smallest absolute Gasteiger partial charge is 0.419 e. The number of alkyl halides is 3. The van der Waals surface area contributed by atoms with Gasteiger partial charge >= 0.3 is 12.1 Å². The highest BCUT2D eigenvalue weighted by molar-refractivity contribution is 5.86. The largest absolute Gasteiger partial charge is 0.462 e. The standard InChI is InChI=1S/C17H29F3O4/c1-11(2)12(21)23-10-13(3,4)14(5,6)24-15(7,8)16(9,22)17(18,19)20/h22H,1,10H2,2-9H3. The fraction of sp³-hybridized carbons (Fsp3) is 0.824. The molecule has 0 heterocycles. The van der Waals surface area contributed by atoms with Gasteiger partial charge in [0.05, 0.1) is 12.2 Å². The maximum atomic E-state index is 13.1. The van der Waals surface area contributed by atoms with Crippen molar-refractivity contribution in [2.75, 3.05) is 6.61 Å². The molecule has 0 aliphatic rings. The van der Waals surface area contributed by atoms with E-state index in [1.165, 1.54) is 20.8 Å². The van der Waals surface area contributed by atoms with Crippen LogP contribution in [0.5, 0.6) is 0 Å². The molecule has 1 unspecified atom stereocenters. The highest BCUT2D eigenvalue weighted by Gasteiger charge is 2.62. The number of halogens is 3. The lowest BCUT2D eigenvalue weighted by Gasteiger charge is -2.50. The summed E-state index contributed by atoms with van der Waals surface area (Å²) in [7, 11) is 0. The number of rotatable bonds is 7. The molecule has 0 aromatic heterocycles. The molecule has 7 heteroatoms. The van der Waals surface area contributed by atoms with Gasteiger partial charge in [-0.15, -0.1) is 0 Å². The van der Waals surface area contributed by atoms with Crippen molar-refractivity contribution in [3.05, 3.63) is 12.2 Å². The number of esters is 1. The Morgan fingerprint density at radius 3 is 1.75 bits per heavy atom. The lowest BCUT2D eigenvalue weighted by molar-refractivity contribution is -0.335. The van der Waals surface area contributed by atoms with Crippen molar-refractivity contribution >= 4 is 5.97 Å². The lowest BCUT2D eigenvalue weighted by atomic mass is 9.76. The van der Waals surface area contributed by atoms with Gasteiger partial charge in [-0.3, -0.25) is 0 Å². The number of hydrogen-bond donors (Lipinski definition) is 1. The first kappa shape index (κ1) is 22.9. The molecule has 24 heavy (non-hydrogen) atoms. The van der Waals surface area contributed by atoms with Crippen LogP contribution in [-0.2, 0) is 14.3 Å². The monoisotopic (exact) mass is 354 g/mol. The molecule has 142 valence electrons. The van der Waals surface area contributed by atoms with Crippen LogP contribution in [0.1, 0.15) is 55.4 Å². The highest BCUT2D eigenvalue weighted by Crippen LogP contribution is 2.45. The fourth-order valence-corrected chi connectivity index (χ4v) is 1.76. The third-order valence-corrected chi connectivity index (χ3v) is 4.78. The Hall–Kier alpha value is -1.08. The zero-order valence-corrected chi connectivity index (χ0v) is 15.7. The van der Waals surface area contributed by atoms with E-state index in [1.54, 1.807) is 27.7 Å². The van der Waals surface area contributed by atoms with Crippen molar-refractivity contribution in [1.29, 1.82) is 0 Å². The van der Waals surface area contributed by atoms with Crippen molar-refractivity contribution in [1.82, 2.24) is 0 Å². The Balaban J connectivity index is 5.37. The molecular weight excluding hydrogens is 325 g/mol. The van der Waals surface area contributed by atoms with Gasteiger partial charge in [0.25, 0.3) is 0 Å². The minimum Gasteiger partial charge on any atom is -0.462 e. The van der Waals surface area contributed by atoms with Gasteiger partial charge in [0.2, 0.25) is 0 Å². The first-order valence-corrected chi connectivity index (χ1v) is 7.60. The molecule has 0 saturated heterocycles. The summed E-state index contributed by atoms with van der Waals surface area (Å²) in [6.45, 7) is 14.5. The van der Waals surface area contributed by atoms with E-state index < -0.39 is 34.4 Å². The maximum absolute atomic E-state index is 13.1. The number of carbonyl (C=O) groups is 1. The van der Waals surface area contributed by atoms with E-state index in [-0.39, 0.29) is 12.2 Å². The van der Waals surface area contributed by atoms with Gasteiger partial charge in [-0.2, -0.15) is 13.2 Å². The summed E-state index contributed by atoms with van der Waals surface area (Å²) in [4.78, 5) is 11.5. The highest BCUT2D eigenvalue weighted by atomic mass is 19.4. The van der Waals surface area contributed by atoms with E-state index in [4.69, 9.17) is 9.47 Å². The summed E-state index contributed by atoms with van der Waals surface area (Å²) < 4.78 is 50.2. The van der Waals surface area contributed by atoms with E-state index in [1.807, 2.05) is 0 Å². The van der Waals surface area contributed by atoms with Gasteiger partial charge in [-0.25, -0.2) is 4.79 Å². The molecule has 1 atom stereocenters. The zero-order valence-electron chi connectivity index (χ0n) is 15.7. The third-order valence-electron chi connectivity index (χ3n) is 4.78. The van der Waals surface area contributed by atoms with Gasteiger partial charge in [0.1, 0.15) is 5.60 Å². The second kappa shape index (κ2) is 6.67. The van der Waals surface area contributed by atoms with E-state index in [2.05, 4.69) is 6.58 Å². The van der Waals surface area contributed by atoms with Crippen LogP contribution in [0.25, 0.3) is 0 Å². The van der Waals surface area contributed by atoms with Crippen molar-refractivity contribution < 1.29 is 32.5 Å². The summed E-state index contributed by atoms with van der Waals surface area (Å²) in [5, 5.41) is 9.95. The number of carbonyl (C=O) groups excluding carboxylic acids is 1. The average molecular weight is 354 g/mol. The minimum atomic E-state index is -4.86. The Labute approximate surface area is 142 Å². The van der Waals surface area contributed by atoms with Crippen LogP contribution in [0.2, 0.25) is 0 Å². The predicted octanol–water partition coefficient (Wildman–Crippen LogP) is 4.02. The SMILES string of the molecule is C=C(C)C(=O)OCC(C)(C)C(C)(C)OC(C)(C)C(C)(O)C(F)(F)F. The molecule has 0 aromatic rings. The molecule has 0 aliphatic carbocycles. The molecule has 0 aliphatic heterocycles. The Morgan fingerprint density at radius 2 is 1.42 bits per heavy atom. The van der Waals surface area contributed by atoms with Gasteiger partial charge in [0.15, 0.2) is 5.60 Å². The van der Waals surface area contributed by atoms with E-state index in [0.29, 0.717) is 6.92 Å². The Kier molecular flexibility index (Phi) is 6.37. The second-order valence-electron chi connectivity index (χ2n) is 7.93. The summed E-state index contributed by atoms with van der Waals surface area (Å²) in [5.41, 5.74) is -6.71. The molecule has 0 amide bonds. The van der Waals surface area contributed by atoms with E-state index in [0.717, 1.165) is 0 Å². The summed E-state index contributed by atoms with van der Waals surface area (Å²) in [6.07, 6.45) is -4.86. The average Bonchev–Trinajstić information content (AvgIpc) is 2.32. The molecule has 0 aromatic carbocycles. The molecule has 4 nitrogen and oxygen atoms in total. The van der Waals surface area contributed by atoms with Crippen LogP contribution in [0.3, 0.4) is 0 Å². The normalized spacial score (nSPS) is 16.5. The molecular formula is C17H29F3O4. The van der Waals surface area contributed by atoms with Gasteiger partial charge < -0.3 is 14.6 Å². The van der Waals surface area contributed by atoms with Crippen LogP contribution in [0.4, 0.5) is 13.2 Å². The molecule has 0 bridgehead atoms. The first-order chi connectivity index (χ1) is 10.3. The Morgan fingerprint density at radius 1 is 1.00 bits per heavy atom. The second-order valence-corrected chi connectivity index (χ2v) is 7.93. The van der Waals surface area contributed by atoms with Crippen LogP contribution in [0, 0.1) is 5.41 Å². The van der Waals surface area contributed by atoms with Crippen LogP contribution >= 0.6 is 0 Å². The van der Waals surface area contributed by atoms with Gasteiger partial charge in [-0.1, -0.05) is 20.4 Å². The molecule has 0 fully saturated rings. The van der Waals surface area contributed by atoms with Crippen molar-refractivity contribution in [3.63, 3.8) is 0 Å². The number of hydrogen-bond acceptors (Lipinski definition) is 4. The Bertz CT molecular complexity index is 489. The van der Waals surface area contributed by atoms with E-state index in [9.17, 15) is 23.1 Å². The van der Waals surface area contributed by atoms with Crippen LogP contribution in [0.15, 0.2) is 12.2 Å². The lowest BCUT2D eigenvalue weighted by Crippen LogP contribution is -2.63. The quantitative estimate of drug-likeness (QED) is 0.554. The van der Waals surface area contributed by atoms with Crippen molar-refractivity contribution in [3.8, 4) is 0 Å². The molecule has 0 radical (unpaired) electrons. The number of aliphatic hydroxyl groups is 1. The maximum Gasteiger partial charge on any atom is 0.419 e. The fourth-order valence-electron chi connectivity index (χ4n) is 1.76. The third kappa shape index (κ3) is 4.72. The summed E-state index contributed by atoms with van der Waals surface area (Å²) >= 11 is 0. The minimum absolute atomic E-state index is 0.0735. The van der Waals surface area contributed by atoms with Gasteiger partial charge in [0, 0.05) is 11.0 Å². The van der Waals surface area contributed by atoms with Gasteiger partial charge in [-0.05, 0) is 41.5 Å². The molecule has 1 N–H and O–H groups in total. The first-order valence-electron chi connectivity index (χ1n) is 7.60.